The first-order valence-electron chi connectivity index (χ1n) is 10.8. The summed E-state index contributed by atoms with van der Waals surface area (Å²) in [5.41, 5.74) is 5.05. The number of halogens is 1. The van der Waals surface area contributed by atoms with Crippen molar-refractivity contribution in [3.05, 3.63) is 94.5 Å². The molecule has 0 saturated carbocycles. The molecule has 0 unspecified atom stereocenters. The fourth-order valence-corrected chi connectivity index (χ4v) is 3.20. The van der Waals surface area contributed by atoms with Crippen LogP contribution in [0, 0.1) is 6.92 Å². The highest BCUT2D eigenvalue weighted by Gasteiger charge is 2.14. The largest absolute Gasteiger partial charge is 0.484 e. The topological polar surface area (TPSA) is 109 Å². The molecule has 0 aliphatic carbocycles. The lowest BCUT2D eigenvalue weighted by Crippen LogP contribution is -2.32. The maximum absolute atomic E-state index is 12.1. The van der Waals surface area contributed by atoms with Gasteiger partial charge in [0.1, 0.15) is 5.75 Å². The predicted octanol–water partition coefficient (Wildman–Crippen LogP) is 3.99. The minimum absolute atomic E-state index is 0.123. The second kappa shape index (κ2) is 12.3. The summed E-state index contributed by atoms with van der Waals surface area (Å²) >= 11 is 5.92. The Kier molecular flexibility index (Phi) is 8.97. The number of anilines is 1. The number of rotatable bonds is 8. The van der Waals surface area contributed by atoms with E-state index in [9.17, 15) is 14.4 Å². The van der Waals surface area contributed by atoms with Gasteiger partial charge in [-0.3, -0.25) is 14.4 Å². The molecule has 3 aromatic rings. The summed E-state index contributed by atoms with van der Waals surface area (Å²) in [5.74, 6) is -1.52. The van der Waals surface area contributed by atoms with E-state index in [4.69, 9.17) is 16.3 Å². The Morgan fingerprint density at radius 3 is 2.43 bits per heavy atom. The van der Waals surface area contributed by atoms with Crippen molar-refractivity contribution >= 4 is 41.2 Å². The summed E-state index contributed by atoms with van der Waals surface area (Å²) in [6, 6.07) is 21.2. The standard InChI is InChI=1S/C26H25ClN4O4/c1-17-8-11-21(27)14-23(17)30-25(33)26(34)31-28-15-19-9-12-22(13-10-19)35-16-24(32)29-18(2)20-6-4-3-5-7-20/h3-15,18H,16H2,1-2H3,(H,29,32)(H,30,33)(H,31,34)/b28-15-/t18-/m0/s1. The van der Waals surface area contributed by atoms with Gasteiger partial charge in [0.15, 0.2) is 6.61 Å². The van der Waals surface area contributed by atoms with E-state index < -0.39 is 11.8 Å². The number of benzene rings is 3. The number of hydrazone groups is 1. The van der Waals surface area contributed by atoms with Crippen molar-refractivity contribution < 1.29 is 19.1 Å². The molecule has 0 bridgehead atoms. The number of aryl methyl sites for hydroxylation is 1. The molecule has 0 aliphatic heterocycles. The lowest BCUT2D eigenvalue weighted by molar-refractivity contribution is -0.136. The first-order chi connectivity index (χ1) is 16.8. The van der Waals surface area contributed by atoms with E-state index in [1.807, 2.05) is 37.3 Å². The van der Waals surface area contributed by atoms with Crippen LogP contribution in [0.5, 0.6) is 5.75 Å². The van der Waals surface area contributed by atoms with E-state index in [1.54, 1.807) is 49.4 Å². The van der Waals surface area contributed by atoms with Crippen LogP contribution in [0.4, 0.5) is 5.69 Å². The Morgan fingerprint density at radius 1 is 1.00 bits per heavy atom. The molecule has 1 atom stereocenters. The third-order valence-electron chi connectivity index (χ3n) is 4.96. The van der Waals surface area contributed by atoms with E-state index in [0.29, 0.717) is 22.0 Å². The maximum Gasteiger partial charge on any atom is 0.329 e. The lowest BCUT2D eigenvalue weighted by Gasteiger charge is -2.14. The van der Waals surface area contributed by atoms with Crippen LogP contribution < -0.4 is 20.8 Å². The fourth-order valence-electron chi connectivity index (χ4n) is 3.03. The van der Waals surface area contributed by atoms with Gasteiger partial charge >= 0.3 is 11.8 Å². The number of nitrogens with one attached hydrogen (secondary N) is 3. The van der Waals surface area contributed by atoms with Crippen LogP contribution >= 0.6 is 11.6 Å². The Hall–Kier alpha value is -4.17. The summed E-state index contributed by atoms with van der Waals surface area (Å²) < 4.78 is 5.52. The van der Waals surface area contributed by atoms with Gasteiger partial charge in [-0.2, -0.15) is 5.10 Å². The Balaban J connectivity index is 1.43. The van der Waals surface area contributed by atoms with Crippen molar-refractivity contribution in [3.63, 3.8) is 0 Å². The quantitative estimate of drug-likeness (QED) is 0.251. The van der Waals surface area contributed by atoms with Crippen LogP contribution in [-0.4, -0.2) is 30.5 Å². The summed E-state index contributed by atoms with van der Waals surface area (Å²) in [5, 5.41) is 9.61. The molecule has 0 radical (unpaired) electrons. The van der Waals surface area contributed by atoms with Crippen molar-refractivity contribution in [3.8, 4) is 5.75 Å². The van der Waals surface area contributed by atoms with E-state index in [0.717, 1.165) is 11.1 Å². The second-order valence-corrected chi connectivity index (χ2v) is 8.11. The van der Waals surface area contributed by atoms with Gasteiger partial charge in [-0.05, 0) is 66.9 Å². The minimum Gasteiger partial charge on any atom is -0.484 e. The summed E-state index contributed by atoms with van der Waals surface area (Å²) in [4.78, 5) is 36.2. The van der Waals surface area contributed by atoms with E-state index in [2.05, 4.69) is 21.2 Å². The molecule has 180 valence electrons. The molecule has 3 aromatic carbocycles. The first kappa shape index (κ1) is 25.5. The monoisotopic (exact) mass is 492 g/mol. The number of nitrogens with zero attached hydrogens (tertiary/aromatic N) is 1. The van der Waals surface area contributed by atoms with Gasteiger partial charge in [-0.25, -0.2) is 5.43 Å². The molecule has 0 fully saturated rings. The van der Waals surface area contributed by atoms with Gasteiger partial charge in [0, 0.05) is 10.7 Å². The third kappa shape index (κ3) is 7.97. The van der Waals surface area contributed by atoms with Gasteiger partial charge in [-0.15, -0.1) is 0 Å². The Bertz CT molecular complexity index is 1210. The van der Waals surface area contributed by atoms with Crippen LogP contribution in [0.25, 0.3) is 0 Å². The predicted molar refractivity (Wildman–Crippen MR) is 135 cm³/mol. The Morgan fingerprint density at radius 2 is 1.71 bits per heavy atom. The van der Waals surface area contributed by atoms with Gasteiger partial charge in [0.25, 0.3) is 5.91 Å². The van der Waals surface area contributed by atoms with E-state index in [1.165, 1.54) is 6.21 Å². The molecule has 0 saturated heterocycles. The molecule has 8 nitrogen and oxygen atoms in total. The summed E-state index contributed by atoms with van der Waals surface area (Å²) in [7, 11) is 0. The molecular weight excluding hydrogens is 468 g/mol. The van der Waals surface area contributed by atoms with Crippen LogP contribution in [0.15, 0.2) is 77.9 Å². The number of carbonyl (C=O) groups excluding carboxylic acids is 3. The third-order valence-corrected chi connectivity index (χ3v) is 5.20. The minimum atomic E-state index is -0.920. The first-order valence-corrected chi connectivity index (χ1v) is 11.2. The molecule has 9 heteroatoms. The molecule has 0 aliphatic rings. The number of ether oxygens (including phenoxy) is 1. The average molecular weight is 493 g/mol. The molecule has 3 amide bonds. The van der Waals surface area contributed by atoms with Crippen LogP contribution in [0.3, 0.4) is 0 Å². The maximum atomic E-state index is 12.1. The zero-order valence-corrected chi connectivity index (χ0v) is 20.0. The average Bonchev–Trinajstić information content (AvgIpc) is 2.86. The van der Waals surface area contributed by atoms with Crippen molar-refractivity contribution in [2.75, 3.05) is 11.9 Å². The van der Waals surface area contributed by atoms with Crippen LogP contribution in [-0.2, 0) is 14.4 Å². The highest BCUT2D eigenvalue weighted by atomic mass is 35.5. The number of carbonyl (C=O) groups is 3. The summed E-state index contributed by atoms with van der Waals surface area (Å²) in [6.07, 6.45) is 1.38. The van der Waals surface area contributed by atoms with Crippen molar-refractivity contribution in [1.29, 1.82) is 0 Å². The number of hydrogen-bond donors (Lipinski definition) is 3. The van der Waals surface area contributed by atoms with Gasteiger partial charge in [-0.1, -0.05) is 48.0 Å². The zero-order valence-electron chi connectivity index (χ0n) is 19.2. The van der Waals surface area contributed by atoms with Crippen molar-refractivity contribution in [2.45, 2.75) is 19.9 Å². The molecular formula is C26H25ClN4O4. The van der Waals surface area contributed by atoms with Crippen molar-refractivity contribution in [1.82, 2.24) is 10.7 Å². The fraction of sp³-hybridized carbons (Fsp3) is 0.154. The zero-order chi connectivity index (χ0) is 25.2. The van der Waals surface area contributed by atoms with Gasteiger partial charge < -0.3 is 15.4 Å². The summed E-state index contributed by atoms with van der Waals surface area (Å²) in [6.45, 7) is 3.57. The van der Waals surface area contributed by atoms with Gasteiger partial charge in [0.05, 0.1) is 12.3 Å². The molecule has 3 rings (SSSR count). The van der Waals surface area contributed by atoms with Crippen molar-refractivity contribution in [2.24, 2.45) is 5.10 Å². The normalized spacial score (nSPS) is 11.5. The van der Waals surface area contributed by atoms with E-state index >= 15 is 0 Å². The Labute approximate surface area is 208 Å². The van der Waals surface area contributed by atoms with Crippen LogP contribution in [0.2, 0.25) is 5.02 Å². The molecule has 0 spiro atoms. The van der Waals surface area contributed by atoms with Crippen LogP contribution in [0.1, 0.15) is 29.7 Å². The lowest BCUT2D eigenvalue weighted by atomic mass is 10.1. The molecule has 0 aromatic heterocycles. The number of hydrogen-bond acceptors (Lipinski definition) is 5. The highest BCUT2D eigenvalue weighted by Crippen LogP contribution is 2.20. The smallest absolute Gasteiger partial charge is 0.329 e. The SMILES string of the molecule is Cc1ccc(Cl)cc1NC(=O)C(=O)N/N=C\c1ccc(OCC(=O)N[C@@H](C)c2ccccc2)cc1. The number of amides is 3. The second-order valence-electron chi connectivity index (χ2n) is 7.67. The molecule has 3 N–H and O–H groups in total. The van der Waals surface area contributed by atoms with Gasteiger partial charge in [0.2, 0.25) is 0 Å². The van der Waals surface area contributed by atoms with E-state index in [-0.39, 0.29) is 18.6 Å². The highest BCUT2D eigenvalue weighted by molar-refractivity contribution is 6.40. The molecule has 0 heterocycles. The molecule has 35 heavy (non-hydrogen) atoms.